The normalized spacial score (nSPS) is 16.6. The lowest BCUT2D eigenvalue weighted by Crippen LogP contribution is -2.34. The van der Waals surface area contributed by atoms with E-state index >= 15 is 0 Å². The summed E-state index contributed by atoms with van der Waals surface area (Å²) in [7, 11) is 0.0414. The predicted octanol–water partition coefficient (Wildman–Crippen LogP) is -0.0762. The van der Waals surface area contributed by atoms with Gasteiger partial charge in [0.15, 0.2) is 0 Å². The number of rotatable bonds is 4. The van der Waals surface area contributed by atoms with Crippen LogP contribution in [-0.4, -0.2) is 53.8 Å². The topological polar surface area (TPSA) is 52.9 Å². The molecule has 0 atom stereocenters. The first-order valence-corrected chi connectivity index (χ1v) is 7.19. The fourth-order valence-corrected chi connectivity index (χ4v) is 3.08. The van der Waals surface area contributed by atoms with Crippen LogP contribution < -0.4 is 10.2 Å². The van der Waals surface area contributed by atoms with E-state index in [2.05, 4.69) is 4.90 Å². The second-order valence-electron chi connectivity index (χ2n) is 4.34. The van der Waals surface area contributed by atoms with Crippen LogP contribution in [0.4, 0.5) is 0 Å². The molecule has 1 fully saturated rings. The fraction of sp³-hybridized carbons (Fsp3) is 0.500. The lowest BCUT2D eigenvalue weighted by atomic mass is 9.78. The van der Waals surface area contributed by atoms with Crippen LogP contribution in [0.15, 0.2) is 18.2 Å². The van der Waals surface area contributed by atoms with Crippen molar-refractivity contribution >= 4 is 24.3 Å². The van der Waals surface area contributed by atoms with Crippen LogP contribution in [0.5, 0.6) is 5.75 Å². The molecule has 0 bridgehead atoms. The monoisotopic (exact) mass is 267 g/mol. The van der Waals surface area contributed by atoms with Crippen LogP contribution in [0.3, 0.4) is 0 Å². The van der Waals surface area contributed by atoms with Gasteiger partial charge in [0.05, 0.1) is 7.11 Å². The highest BCUT2D eigenvalue weighted by Crippen LogP contribution is 2.15. The van der Waals surface area contributed by atoms with E-state index in [1.807, 2.05) is 23.9 Å². The van der Waals surface area contributed by atoms with Gasteiger partial charge in [-0.05, 0) is 11.6 Å². The van der Waals surface area contributed by atoms with Crippen LogP contribution in [0, 0.1) is 0 Å². The average molecular weight is 267 g/mol. The number of nitrogens with zero attached hydrogens (tertiary/aromatic N) is 1. The van der Waals surface area contributed by atoms with Gasteiger partial charge >= 0.3 is 7.12 Å². The van der Waals surface area contributed by atoms with E-state index in [0.29, 0.717) is 11.2 Å². The third-order valence-electron chi connectivity index (χ3n) is 3.08. The van der Waals surface area contributed by atoms with Gasteiger partial charge in [-0.2, -0.15) is 11.8 Å². The summed E-state index contributed by atoms with van der Waals surface area (Å²) in [5.41, 5.74) is 1.52. The molecule has 1 saturated heterocycles. The van der Waals surface area contributed by atoms with Crippen LogP contribution in [0.1, 0.15) is 5.56 Å². The van der Waals surface area contributed by atoms with Gasteiger partial charge in [-0.25, -0.2) is 0 Å². The molecule has 1 aromatic carbocycles. The van der Waals surface area contributed by atoms with Gasteiger partial charge in [0.2, 0.25) is 0 Å². The first kappa shape index (κ1) is 13.7. The highest BCUT2D eigenvalue weighted by atomic mass is 32.2. The molecule has 1 aliphatic rings. The van der Waals surface area contributed by atoms with E-state index in [4.69, 9.17) is 4.74 Å². The van der Waals surface area contributed by atoms with Crippen LogP contribution in [0.25, 0.3) is 0 Å². The molecule has 2 N–H and O–H groups in total. The Morgan fingerprint density at radius 2 is 2.06 bits per heavy atom. The van der Waals surface area contributed by atoms with Crippen molar-refractivity contribution in [1.82, 2.24) is 4.90 Å². The van der Waals surface area contributed by atoms with E-state index in [0.717, 1.165) is 25.2 Å². The molecule has 0 spiro atoms. The fourth-order valence-electron chi connectivity index (χ4n) is 2.10. The smallest absolute Gasteiger partial charge is 0.492 e. The lowest BCUT2D eigenvalue weighted by molar-refractivity contribution is 0.294. The van der Waals surface area contributed by atoms with Crippen LogP contribution in [0.2, 0.25) is 0 Å². The molecular formula is C12H18BNO3S. The Balaban J connectivity index is 2.10. The Hall–Kier alpha value is -0.685. The highest BCUT2D eigenvalue weighted by molar-refractivity contribution is 7.99. The quantitative estimate of drug-likeness (QED) is 0.748. The minimum Gasteiger partial charge on any atom is -0.497 e. The zero-order valence-electron chi connectivity index (χ0n) is 10.5. The first-order valence-electron chi connectivity index (χ1n) is 6.04. The summed E-state index contributed by atoms with van der Waals surface area (Å²) < 4.78 is 5.11. The zero-order valence-corrected chi connectivity index (χ0v) is 11.3. The molecule has 1 aromatic rings. The molecule has 4 nitrogen and oxygen atoms in total. The zero-order chi connectivity index (χ0) is 13.0. The number of benzene rings is 1. The van der Waals surface area contributed by atoms with Crippen LogP contribution >= 0.6 is 11.8 Å². The van der Waals surface area contributed by atoms with Crippen molar-refractivity contribution in [3.63, 3.8) is 0 Å². The lowest BCUT2D eigenvalue weighted by Gasteiger charge is -2.26. The van der Waals surface area contributed by atoms with Crippen molar-refractivity contribution in [2.24, 2.45) is 0 Å². The summed E-state index contributed by atoms with van der Waals surface area (Å²) in [5.74, 6) is 2.86. The standard InChI is InChI=1S/C12H18BNO3S/c1-17-12-3-2-10(8-11(12)13(15)16)9-14-4-6-18-7-5-14/h2-3,8,15-16H,4-7,9H2,1H3. The van der Waals surface area contributed by atoms with Crippen molar-refractivity contribution in [3.8, 4) is 5.75 Å². The molecule has 0 aromatic heterocycles. The summed E-state index contributed by atoms with van der Waals surface area (Å²) in [6, 6.07) is 5.58. The van der Waals surface area contributed by atoms with Crippen molar-refractivity contribution in [2.45, 2.75) is 6.54 Å². The summed E-state index contributed by atoms with van der Waals surface area (Å²) in [6.07, 6.45) is 0. The van der Waals surface area contributed by atoms with E-state index in [1.165, 1.54) is 18.6 Å². The van der Waals surface area contributed by atoms with E-state index in [9.17, 15) is 10.0 Å². The first-order chi connectivity index (χ1) is 8.70. The molecule has 0 unspecified atom stereocenters. The Bertz CT molecular complexity index is 397. The number of ether oxygens (including phenoxy) is 1. The average Bonchev–Trinajstić information content (AvgIpc) is 2.40. The van der Waals surface area contributed by atoms with Gasteiger partial charge < -0.3 is 14.8 Å². The molecule has 0 saturated carbocycles. The van der Waals surface area contributed by atoms with Gasteiger partial charge in [0, 0.05) is 36.6 Å². The van der Waals surface area contributed by atoms with Crippen molar-refractivity contribution in [2.75, 3.05) is 31.7 Å². The maximum atomic E-state index is 9.32. The molecule has 18 heavy (non-hydrogen) atoms. The largest absolute Gasteiger partial charge is 0.497 e. The third-order valence-corrected chi connectivity index (χ3v) is 4.02. The summed E-state index contributed by atoms with van der Waals surface area (Å²) in [5, 5.41) is 18.6. The minimum atomic E-state index is -1.49. The SMILES string of the molecule is COc1ccc(CN2CCSCC2)cc1B(O)O. The van der Waals surface area contributed by atoms with Gasteiger partial charge in [-0.1, -0.05) is 12.1 Å². The third kappa shape index (κ3) is 3.41. The van der Waals surface area contributed by atoms with E-state index in [1.54, 1.807) is 6.07 Å². The van der Waals surface area contributed by atoms with Gasteiger partial charge in [-0.3, -0.25) is 4.90 Å². The van der Waals surface area contributed by atoms with Crippen molar-refractivity contribution in [3.05, 3.63) is 23.8 Å². The van der Waals surface area contributed by atoms with Gasteiger partial charge in [0.1, 0.15) is 5.75 Å². The molecule has 1 aliphatic heterocycles. The molecular weight excluding hydrogens is 249 g/mol. The maximum absolute atomic E-state index is 9.32. The molecule has 6 heteroatoms. The summed E-state index contributed by atoms with van der Waals surface area (Å²) in [4.78, 5) is 2.38. The molecule has 1 heterocycles. The number of methoxy groups -OCH3 is 1. The van der Waals surface area contributed by atoms with E-state index < -0.39 is 7.12 Å². The highest BCUT2D eigenvalue weighted by Gasteiger charge is 2.18. The second-order valence-corrected chi connectivity index (χ2v) is 5.56. The molecule has 0 radical (unpaired) electrons. The second kappa shape index (κ2) is 6.47. The summed E-state index contributed by atoms with van der Waals surface area (Å²) in [6.45, 7) is 3.03. The molecule has 2 rings (SSSR count). The maximum Gasteiger partial charge on any atom is 0.492 e. The Morgan fingerprint density at radius 1 is 1.33 bits per heavy atom. The van der Waals surface area contributed by atoms with Crippen molar-refractivity contribution in [1.29, 1.82) is 0 Å². The number of hydrogen-bond donors (Lipinski definition) is 2. The Kier molecular flexibility index (Phi) is 4.94. The molecule has 0 aliphatic carbocycles. The van der Waals surface area contributed by atoms with E-state index in [-0.39, 0.29) is 0 Å². The molecule has 98 valence electrons. The number of hydrogen-bond acceptors (Lipinski definition) is 5. The Labute approximate surface area is 112 Å². The number of thioether (sulfide) groups is 1. The van der Waals surface area contributed by atoms with Crippen LogP contribution in [-0.2, 0) is 6.54 Å². The molecule has 0 amide bonds. The summed E-state index contributed by atoms with van der Waals surface area (Å²) >= 11 is 1.98. The van der Waals surface area contributed by atoms with Gasteiger partial charge in [-0.15, -0.1) is 0 Å². The predicted molar refractivity (Wildman–Crippen MR) is 75.4 cm³/mol. The van der Waals surface area contributed by atoms with Gasteiger partial charge in [0.25, 0.3) is 0 Å². The van der Waals surface area contributed by atoms with Crippen molar-refractivity contribution < 1.29 is 14.8 Å². The minimum absolute atomic E-state index is 0.432. The Morgan fingerprint density at radius 3 is 2.67 bits per heavy atom.